The maximum absolute atomic E-state index is 11.6. The van der Waals surface area contributed by atoms with Gasteiger partial charge < -0.3 is 15.6 Å². The number of carbonyl (C=O) groups is 2. The average Bonchev–Trinajstić information content (AvgIpc) is 2.68. The standard InChI is InChI=1S/C23H45NO4/c1-2-3-4-5-6-7-8-9-10-11-12-13-14-15-16-17-20-28-23(27)21(24)18-19-22(25)26/h21H,2-20,24H2,1H3,(H,25,26)/t21-/m0/s1. The van der Waals surface area contributed by atoms with Crippen LogP contribution in [-0.4, -0.2) is 29.7 Å². The Bertz CT molecular complexity index is 374. The molecular weight excluding hydrogens is 354 g/mol. The first-order valence-electron chi connectivity index (χ1n) is 11.7. The molecule has 3 N–H and O–H groups in total. The first kappa shape index (κ1) is 26.9. The van der Waals surface area contributed by atoms with E-state index in [1.807, 2.05) is 0 Å². The molecule has 0 unspecified atom stereocenters. The van der Waals surface area contributed by atoms with Gasteiger partial charge in [-0.25, -0.2) is 0 Å². The second kappa shape index (κ2) is 20.6. The Balaban J connectivity index is 3.21. The predicted molar refractivity (Wildman–Crippen MR) is 115 cm³/mol. The van der Waals surface area contributed by atoms with Crippen LogP contribution in [0.3, 0.4) is 0 Å². The fourth-order valence-electron chi connectivity index (χ4n) is 3.33. The molecule has 0 aliphatic rings. The van der Waals surface area contributed by atoms with Crippen molar-refractivity contribution in [2.24, 2.45) is 5.73 Å². The number of aliphatic carboxylic acids is 1. The lowest BCUT2D eigenvalue weighted by Gasteiger charge is -2.10. The zero-order valence-electron chi connectivity index (χ0n) is 18.3. The number of carboxylic acid groups (broad SMARTS) is 1. The molecule has 0 aromatic rings. The lowest BCUT2D eigenvalue weighted by molar-refractivity contribution is -0.145. The summed E-state index contributed by atoms with van der Waals surface area (Å²) in [6.45, 7) is 2.65. The molecule has 5 nitrogen and oxygen atoms in total. The Labute approximate surface area is 172 Å². The molecule has 166 valence electrons. The van der Waals surface area contributed by atoms with Crippen LogP contribution in [0.2, 0.25) is 0 Å². The normalized spacial score (nSPS) is 12.1. The molecule has 1 atom stereocenters. The van der Waals surface area contributed by atoms with Gasteiger partial charge in [-0.2, -0.15) is 0 Å². The Kier molecular flexibility index (Phi) is 19.8. The van der Waals surface area contributed by atoms with Crippen LogP contribution in [0.4, 0.5) is 0 Å². The van der Waals surface area contributed by atoms with Crippen molar-refractivity contribution in [1.29, 1.82) is 0 Å². The van der Waals surface area contributed by atoms with E-state index in [0.717, 1.165) is 12.8 Å². The lowest BCUT2D eigenvalue weighted by atomic mass is 10.0. The van der Waals surface area contributed by atoms with Crippen molar-refractivity contribution in [3.63, 3.8) is 0 Å². The highest BCUT2D eigenvalue weighted by molar-refractivity contribution is 5.76. The number of rotatable bonds is 21. The minimum absolute atomic E-state index is 0.102. The van der Waals surface area contributed by atoms with E-state index in [4.69, 9.17) is 15.6 Å². The number of hydrogen-bond acceptors (Lipinski definition) is 4. The second-order valence-electron chi connectivity index (χ2n) is 8.01. The minimum atomic E-state index is -0.943. The largest absolute Gasteiger partial charge is 0.481 e. The van der Waals surface area contributed by atoms with Crippen molar-refractivity contribution >= 4 is 11.9 Å². The molecule has 0 saturated heterocycles. The van der Waals surface area contributed by atoms with Gasteiger partial charge >= 0.3 is 11.9 Å². The van der Waals surface area contributed by atoms with E-state index in [0.29, 0.717) is 6.61 Å². The van der Waals surface area contributed by atoms with Crippen LogP contribution >= 0.6 is 0 Å². The van der Waals surface area contributed by atoms with Crippen molar-refractivity contribution in [3.8, 4) is 0 Å². The number of carbonyl (C=O) groups excluding carboxylic acids is 1. The monoisotopic (exact) mass is 399 g/mol. The second-order valence-corrected chi connectivity index (χ2v) is 8.01. The molecule has 0 bridgehead atoms. The third-order valence-electron chi connectivity index (χ3n) is 5.21. The molecule has 0 saturated carbocycles. The topological polar surface area (TPSA) is 89.6 Å². The molecule has 0 spiro atoms. The van der Waals surface area contributed by atoms with Gasteiger partial charge in [-0.15, -0.1) is 0 Å². The number of carboxylic acids is 1. The lowest BCUT2D eigenvalue weighted by Crippen LogP contribution is -2.33. The summed E-state index contributed by atoms with van der Waals surface area (Å²) >= 11 is 0. The highest BCUT2D eigenvalue weighted by Crippen LogP contribution is 2.13. The Morgan fingerprint density at radius 3 is 1.54 bits per heavy atom. The Hall–Kier alpha value is -1.10. The van der Waals surface area contributed by atoms with Crippen molar-refractivity contribution in [1.82, 2.24) is 0 Å². The van der Waals surface area contributed by atoms with Crippen molar-refractivity contribution in [3.05, 3.63) is 0 Å². The van der Waals surface area contributed by atoms with Crippen LogP contribution in [0.25, 0.3) is 0 Å². The van der Waals surface area contributed by atoms with E-state index in [9.17, 15) is 9.59 Å². The van der Waals surface area contributed by atoms with Gasteiger partial charge in [0.25, 0.3) is 0 Å². The van der Waals surface area contributed by atoms with E-state index in [1.165, 1.54) is 89.9 Å². The quantitative estimate of drug-likeness (QED) is 0.183. The smallest absolute Gasteiger partial charge is 0.322 e. The molecule has 0 aliphatic heterocycles. The molecule has 0 fully saturated rings. The zero-order valence-corrected chi connectivity index (χ0v) is 18.3. The number of esters is 1. The SMILES string of the molecule is CCCCCCCCCCCCCCCCCCOC(=O)[C@@H](N)CCC(=O)O. The third-order valence-corrected chi connectivity index (χ3v) is 5.21. The predicted octanol–water partition coefficient (Wildman–Crippen LogP) is 5.98. The van der Waals surface area contributed by atoms with Gasteiger partial charge in [0.15, 0.2) is 0 Å². The van der Waals surface area contributed by atoms with Crippen LogP contribution in [0.1, 0.15) is 122 Å². The Morgan fingerprint density at radius 1 is 0.750 bits per heavy atom. The minimum Gasteiger partial charge on any atom is -0.481 e. The average molecular weight is 400 g/mol. The number of unbranched alkanes of at least 4 members (excludes halogenated alkanes) is 15. The third kappa shape index (κ3) is 19.7. The highest BCUT2D eigenvalue weighted by Gasteiger charge is 2.15. The molecule has 0 radical (unpaired) electrons. The fourth-order valence-corrected chi connectivity index (χ4v) is 3.33. The molecule has 0 heterocycles. The van der Waals surface area contributed by atoms with Crippen molar-refractivity contribution in [2.45, 2.75) is 129 Å². The summed E-state index contributed by atoms with van der Waals surface area (Å²) in [7, 11) is 0. The summed E-state index contributed by atoms with van der Waals surface area (Å²) in [5, 5.41) is 8.57. The Morgan fingerprint density at radius 2 is 1.14 bits per heavy atom. The van der Waals surface area contributed by atoms with Crippen molar-refractivity contribution in [2.75, 3.05) is 6.61 Å². The summed E-state index contributed by atoms with van der Waals surface area (Å²) in [6, 6.07) is -0.822. The van der Waals surface area contributed by atoms with Crippen LogP contribution < -0.4 is 5.73 Å². The van der Waals surface area contributed by atoms with Gasteiger partial charge in [0, 0.05) is 6.42 Å². The molecule has 28 heavy (non-hydrogen) atoms. The van der Waals surface area contributed by atoms with Gasteiger partial charge in [-0.1, -0.05) is 103 Å². The number of hydrogen-bond donors (Lipinski definition) is 2. The van der Waals surface area contributed by atoms with Crippen LogP contribution in [-0.2, 0) is 14.3 Å². The van der Waals surface area contributed by atoms with Crippen LogP contribution in [0, 0.1) is 0 Å². The van der Waals surface area contributed by atoms with Crippen LogP contribution in [0.5, 0.6) is 0 Å². The molecule has 0 amide bonds. The van der Waals surface area contributed by atoms with E-state index in [2.05, 4.69) is 6.92 Å². The van der Waals surface area contributed by atoms with E-state index < -0.39 is 18.0 Å². The zero-order chi connectivity index (χ0) is 20.9. The molecule has 0 aliphatic carbocycles. The van der Waals surface area contributed by atoms with Gasteiger partial charge in [0.1, 0.15) is 6.04 Å². The van der Waals surface area contributed by atoms with E-state index >= 15 is 0 Å². The summed E-state index contributed by atoms with van der Waals surface area (Å²) in [6.07, 6.45) is 21.0. The molecule has 5 heteroatoms. The van der Waals surface area contributed by atoms with Gasteiger partial charge in [-0.3, -0.25) is 9.59 Å². The number of ether oxygens (including phenoxy) is 1. The first-order valence-corrected chi connectivity index (χ1v) is 11.7. The summed E-state index contributed by atoms with van der Waals surface area (Å²) in [5.41, 5.74) is 5.60. The van der Waals surface area contributed by atoms with Crippen LogP contribution in [0.15, 0.2) is 0 Å². The molecular formula is C23H45NO4. The van der Waals surface area contributed by atoms with Gasteiger partial charge in [-0.05, 0) is 12.8 Å². The summed E-state index contributed by atoms with van der Waals surface area (Å²) in [5.74, 6) is -1.43. The molecule has 0 rings (SSSR count). The molecule has 0 aromatic carbocycles. The maximum Gasteiger partial charge on any atom is 0.322 e. The van der Waals surface area contributed by atoms with Gasteiger partial charge in [0.05, 0.1) is 6.61 Å². The highest BCUT2D eigenvalue weighted by atomic mass is 16.5. The van der Waals surface area contributed by atoms with Gasteiger partial charge in [0.2, 0.25) is 0 Å². The maximum atomic E-state index is 11.6. The van der Waals surface area contributed by atoms with E-state index in [1.54, 1.807) is 0 Å². The molecule has 0 aromatic heterocycles. The first-order chi connectivity index (χ1) is 13.6. The summed E-state index contributed by atoms with van der Waals surface area (Å²) in [4.78, 5) is 22.0. The van der Waals surface area contributed by atoms with E-state index in [-0.39, 0.29) is 12.8 Å². The fraction of sp³-hybridized carbons (Fsp3) is 0.913. The summed E-state index contributed by atoms with van der Waals surface area (Å²) < 4.78 is 5.10. The number of nitrogens with two attached hydrogens (primary N) is 1. The van der Waals surface area contributed by atoms with Crippen molar-refractivity contribution < 1.29 is 19.4 Å².